The standard InChI is InChI=1S/C43H25N3S/c1-3-12-26(13-4-1)43-44-39-33-24-25-37(32-18-11-19-34(38(32)33)42(39)47-43)46-36-21-10-8-17-29(36)31-23-22-30-28-16-7-9-20-35(28)45(40(30)41(31)46)27-14-5-2-6-15-27/h1-25H. The number of hydrogen-bond acceptors (Lipinski definition) is 2. The Labute approximate surface area is 274 Å². The number of aromatic nitrogens is 3. The molecule has 0 aliphatic heterocycles. The van der Waals surface area contributed by atoms with Crippen molar-refractivity contribution in [2.75, 3.05) is 0 Å². The van der Waals surface area contributed by atoms with E-state index in [1.807, 2.05) is 0 Å². The van der Waals surface area contributed by atoms with E-state index in [0.29, 0.717) is 0 Å². The van der Waals surface area contributed by atoms with Crippen molar-refractivity contribution < 1.29 is 0 Å². The summed E-state index contributed by atoms with van der Waals surface area (Å²) in [6.07, 6.45) is 0. The number of rotatable bonds is 3. The van der Waals surface area contributed by atoms with Gasteiger partial charge < -0.3 is 9.13 Å². The van der Waals surface area contributed by atoms with Gasteiger partial charge >= 0.3 is 0 Å². The van der Waals surface area contributed by atoms with Gasteiger partial charge in [-0.25, -0.2) is 4.98 Å². The first-order valence-corrected chi connectivity index (χ1v) is 16.8. The molecule has 0 saturated heterocycles. The second-order valence-corrected chi connectivity index (χ2v) is 13.3. The molecule has 0 fully saturated rings. The average molecular weight is 616 g/mol. The predicted molar refractivity (Wildman–Crippen MR) is 198 cm³/mol. The smallest absolute Gasteiger partial charge is 0.124 e. The highest BCUT2D eigenvalue weighted by molar-refractivity contribution is 7.19. The zero-order chi connectivity index (χ0) is 30.6. The van der Waals surface area contributed by atoms with Crippen LogP contribution in [0.2, 0.25) is 0 Å². The van der Waals surface area contributed by atoms with Crippen LogP contribution in [-0.4, -0.2) is 14.1 Å². The van der Waals surface area contributed by atoms with E-state index < -0.39 is 0 Å². The van der Waals surface area contributed by atoms with Crippen LogP contribution in [-0.2, 0) is 0 Å². The molecule has 3 nitrogen and oxygen atoms in total. The summed E-state index contributed by atoms with van der Waals surface area (Å²) in [5.74, 6) is 0. The van der Waals surface area contributed by atoms with E-state index in [4.69, 9.17) is 4.98 Å². The fourth-order valence-corrected chi connectivity index (χ4v) is 9.08. The summed E-state index contributed by atoms with van der Waals surface area (Å²) >= 11 is 1.80. The van der Waals surface area contributed by atoms with E-state index in [-0.39, 0.29) is 0 Å². The molecule has 1 aliphatic rings. The molecule has 10 aromatic rings. The maximum Gasteiger partial charge on any atom is 0.124 e. The third-order valence-electron chi connectivity index (χ3n) is 9.89. The van der Waals surface area contributed by atoms with Crippen LogP contribution >= 0.6 is 11.3 Å². The molecule has 4 heteroatoms. The van der Waals surface area contributed by atoms with Gasteiger partial charge in [0, 0.05) is 54.7 Å². The van der Waals surface area contributed by atoms with Crippen molar-refractivity contribution in [1.82, 2.24) is 14.1 Å². The Bertz CT molecular complexity index is 2860. The summed E-state index contributed by atoms with van der Waals surface area (Å²) in [6.45, 7) is 0. The fraction of sp³-hybridized carbons (Fsp3) is 0. The molecule has 0 radical (unpaired) electrons. The second-order valence-electron chi connectivity index (χ2n) is 12.3. The number of benzene rings is 7. The molecule has 0 amide bonds. The maximum absolute atomic E-state index is 5.21. The highest BCUT2D eigenvalue weighted by Gasteiger charge is 2.29. The van der Waals surface area contributed by atoms with Crippen LogP contribution in [0.1, 0.15) is 0 Å². The van der Waals surface area contributed by atoms with Gasteiger partial charge in [0.2, 0.25) is 0 Å². The van der Waals surface area contributed by atoms with E-state index in [1.54, 1.807) is 11.3 Å². The first kappa shape index (κ1) is 25.2. The average Bonchev–Trinajstić information content (AvgIpc) is 3.88. The van der Waals surface area contributed by atoms with Gasteiger partial charge in [0.15, 0.2) is 0 Å². The number of para-hydroxylation sites is 3. The minimum absolute atomic E-state index is 1.07. The first-order valence-electron chi connectivity index (χ1n) is 16.0. The van der Waals surface area contributed by atoms with E-state index in [2.05, 4.69) is 161 Å². The lowest BCUT2D eigenvalue weighted by Crippen LogP contribution is -1.99. The van der Waals surface area contributed by atoms with Crippen LogP contribution in [0.5, 0.6) is 0 Å². The van der Waals surface area contributed by atoms with E-state index in [9.17, 15) is 0 Å². The first-order chi connectivity index (χ1) is 23.3. The van der Waals surface area contributed by atoms with Crippen molar-refractivity contribution in [3.63, 3.8) is 0 Å². The Hall–Kier alpha value is -5.97. The Morgan fingerprint density at radius 3 is 1.81 bits per heavy atom. The third-order valence-corrected chi connectivity index (χ3v) is 11.0. The monoisotopic (exact) mass is 615 g/mol. The second kappa shape index (κ2) is 9.29. The molecule has 0 bridgehead atoms. The molecule has 0 N–H and O–H groups in total. The molecule has 0 saturated carbocycles. The molecule has 0 atom stereocenters. The molecule has 11 rings (SSSR count). The molecule has 218 valence electrons. The molecular formula is C43H25N3S. The molecule has 3 heterocycles. The third kappa shape index (κ3) is 3.32. The van der Waals surface area contributed by atoms with Gasteiger partial charge in [0.1, 0.15) is 5.01 Å². The summed E-state index contributed by atoms with van der Waals surface area (Å²) in [5, 5.41) is 8.63. The molecule has 1 aliphatic carbocycles. The fourth-order valence-electron chi connectivity index (χ4n) is 7.96. The lowest BCUT2D eigenvalue weighted by atomic mass is 10.0. The lowest BCUT2D eigenvalue weighted by molar-refractivity contribution is 1.16. The molecular weight excluding hydrogens is 591 g/mol. The normalized spacial score (nSPS) is 12.3. The Kier molecular flexibility index (Phi) is 4.99. The predicted octanol–water partition coefficient (Wildman–Crippen LogP) is 11.8. The molecule has 0 spiro atoms. The van der Waals surface area contributed by atoms with Gasteiger partial charge in [-0.15, -0.1) is 11.3 Å². The van der Waals surface area contributed by atoms with Crippen LogP contribution in [0, 0.1) is 0 Å². The van der Waals surface area contributed by atoms with Crippen molar-refractivity contribution in [3.8, 4) is 43.6 Å². The minimum atomic E-state index is 1.07. The van der Waals surface area contributed by atoms with E-state index >= 15 is 0 Å². The molecule has 47 heavy (non-hydrogen) atoms. The van der Waals surface area contributed by atoms with Gasteiger partial charge in [-0.05, 0) is 30.3 Å². The van der Waals surface area contributed by atoms with Crippen LogP contribution in [0.3, 0.4) is 0 Å². The zero-order valence-corrected chi connectivity index (χ0v) is 26.0. The molecule has 0 unspecified atom stereocenters. The van der Waals surface area contributed by atoms with Gasteiger partial charge in [0.25, 0.3) is 0 Å². The summed E-state index contributed by atoms with van der Waals surface area (Å²) in [6, 6.07) is 55.0. The number of hydrogen-bond donors (Lipinski definition) is 0. The van der Waals surface area contributed by atoms with Gasteiger partial charge in [-0.2, -0.15) is 0 Å². The van der Waals surface area contributed by atoms with Crippen LogP contribution in [0.25, 0.3) is 98.0 Å². The number of nitrogens with zero attached hydrogens (tertiary/aromatic N) is 3. The summed E-state index contributed by atoms with van der Waals surface area (Å²) in [4.78, 5) is 6.47. The number of fused-ring (bicyclic) bond motifs is 10. The SMILES string of the molecule is c1ccc(-c2nc3c(s2)-c2cccc4c(-n5c6ccccc6c6ccc7c8ccccc8n(-c8ccccc8)c7c65)ccc-3c24)cc1. The minimum Gasteiger partial charge on any atom is -0.307 e. The summed E-state index contributed by atoms with van der Waals surface area (Å²) in [7, 11) is 0. The van der Waals surface area contributed by atoms with E-state index in [0.717, 1.165) is 16.4 Å². The highest BCUT2D eigenvalue weighted by atomic mass is 32.1. The quantitative estimate of drug-likeness (QED) is 0.194. The van der Waals surface area contributed by atoms with E-state index in [1.165, 1.54) is 81.6 Å². The van der Waals surface area contributed by atoms with Gasteiger partial charge in [0.05, 0.1) is 38.3 Å². The number of thiazole rings is 1. The Morgan fingerprint density at radius 2 is 1.06 bits per heavy atom. The van der Waals surface area contributed by atoms with Crippen LogP contribution < -0.4 is 0 Å². The summed E-state index contributed by atoms with van der Waals surface area (Å²) in [5.41, 5.74) is 12.0. The maximum atomic E-state index is 5.21. The lowest BCUT2D eigenvalue weighted by Gasteiger charge is -2.15. The Morgan fingerprint density at radius 1 is 0.447 bits per heavy atom. The van der Waals surface area contributed by atoms with Gasteiger partial charge in [-0.3, -0.25) is 0 Å². The van der Waals surface area contributed by atoms with Crippen LogP contribution in [0.15, 0.2) is 152 Å². The zero-order valence-electron chi connectivity index (χ0n) is 25.2. The topological polar surface area (TPSA) is 22.8 Å². The summed E-state index contributed by atoms with van der Waals surface area (Å²) < 4.78 is 4.97. The van der Waals surface area contributed by atoms with Crippen molar-refractivity contribution in [3.05, 3.63) is 152 Å². The highest BCUT2D eigenvalue weighted by Crippen LogP contribution is 2.53. The Balaban J connectivity index is 1.27. The van der Waals surface area contributed by atoms with Crippen molar-refractivity contribution in [2.45, 2.75) is 0 Å². The molecule has 7 aromatic carbocycles. The van der Waals surface area contributed by atoms with Crippen LogP contribution in [0.4, 0.5) is 0 Å². The van der Waals surface area contributed by atoms with Crippen molar-refractivity contribution >= 4 is 65.7 Å². The van der Waals surface area contributed by atoms with Crippen molar-refractivity contribution in [2.24, 2.45) is 0 Å². The van der Waals surface area contributed by atoms with Gasteiger partial charge in [-0.1, -0.05) is 121 Å². The molecule has 3 aromatic heterocycles. The van der Waals surface area contributed by atoms with Crippen molar-refractivity contribution in [1.29, 1.82) is 0 Å². The largest absolute Gasteiger partial charge is 0.307 e.